The van der Waals surface area contributed by atoms with E-state index in [-0.39, 0.29) is 11.3 Å². The molecule has 0 amide bonds. The summed E-state index contributed by atoms with van der Waals surface area (Å²) in [5.74, 6) is -0.441. The van der Waals surface area contributed by atoms with E-state index < -0.39 is 11.5 Å². The van der Waals surface area contributed by atoms with Crippen molar-refractivity contribution in [2.75, 3.05) is 7.11 Å². The maximum Gasteiger partial charge on any atom is 0.335 e. The van der Waals surface area contributed by atoms with Crippen LogP contribution in [-0.2, 0) is 0 Å². The molecule has 8 heteroatoms. The predicted octanol–water partition coefficient (Wildman–Crippen LogP) is 3.49. The molecule has 25 heavy (non-hydrogen) atoms. The normalized spacial score (nSPS) is 10.9. The van der Waals surface area contributed by atoms with Crippen LogP contribution in [0.15, 0.2) is 63.6 Å². The van der Waals surface area contributed by atoms with E-state index >= 15 is 0 Å². The minimum atomic E-state index is -1.02. The van der Waals surface area contributed by atoms with E-state index in [2.05, 4.69) is 20.4 Å². The zero-order valence-electron chi connectivity index (χ0n) is 13.2. The molecule has 2 aromatic carbocycles. The lowest BCUT2D eigenvalue weighted by molar-refractivity contribution is 0.0697. The third-order valence-corrected chi connectivity index (χ3v) is 3.51. The Morgan fingerprint density at radius 3 is 2.44 bits per heavy atom. The highest BCUT2D eigenvalue weighted by Crippen LogP contribution is 2.33. The first-order valence-corrected chi connectivity index (χ1v) is 7.29. The molecule has 8 nitrogen and oxygen atoms in total. The second kappa shape index (κ2) is 6.83. The number of benzene rings is 2. The van der Waals surface area contributed by atoms with Crippen LogP contribution in [0.4, 0.5) is 11.4 Å². The summed E-state index contributed by atoms with van der Waals surface area (Å²) in [4.78, 5) is 22.9. The summed E-state index contributed by atoms with van der Waals surface area (Å²) in [7, 11) is 1.54. The average Bonchev–Trinajstić information content (AvgIpc) is 3.00. The van der Waals surface area contributed by atoms with Gasteiger partial charge in [-0.15, -0.1) is 5.11 Å². The third kappa shape index (κ3) is 3.32. The number of carboxylic acid groups (broad SMARTS) is 1. The van der Waals surface area contributed by atoms with Crippen molar-refractivity contribution in [3.63, 3.8) is 0 Å². The van der Waals surface area contributed by atoms with E-state index in [0.717, 1.165) is 0 Å². The van der Waals surface area contributed by atoms with Gasteiger partial charge in [0.05, 0.1) is 24.1 Å². The number of nitrogens with zero attached hydrogens (tertiary/aromatic N) is 2. The van der Waals surface area contributed by atoms with E-state index in [4.69, 9.17) is 9.84 Å². The Bertz CT molecular complexity index is 986. The number of para-hydroxylation sites is 1. The molecule has 3 N–H and O–H groups in total. The topological polar surface area (TPSA) is 120 Å². The summed E-state index contributed by atoms with van der Waals surface area (Å²) in [6, 6.07) is 13.0. The first-order valence-electron chi connectivity index (χ1n) is 7.29. The standard InChI is InChI=1S/C17H14N4O4/c1-25-13-5-3-2-4-12(13)14-15(16(22)21-19-14)20-18-11-8-6-10(7-9-11)17(23)24/h2-9H,1H3,(H,23,24)(H2,19,21,22). The van der Waals surface area contributed by atoms with Crippen molar-refractivity contribution >= 4 is 17.3 Å². The molecule has 3 aromatic rings. The van der Waals surface area contributed by atoms with Gasteiger partial charge in [-0.25, -0.2) is 4.79 Å². The average molecular weight is 338 g/mol. The van der Waals surface area contributed by atoms with Gasteiger partial charge in [-0.2, -0.15) is 5.11 Å². The molecule has 3 rings (SSSR count). The minimum absolute atomic E-state index is 0.104. The van der Waals surface area contributed by atoms with Crippen molar-refractivity contribution in [1.82, 2.24) is 10.2 Å². The minimum Gasteiger partial charge on any atom is -0.496 e. The number of azo groups is 1. The number of aromatic carboxylic acids is 1. The van der Waals surface area contributed by atoms with Crippen molar-refractivity contribution in [3.05, 3.63) is 64.4 Å². The Kier molecular flexibility index (Phi) is 4.42. The quantitative estimate of drug-likeness (QED) is 0.617. The lowest BCUT2D eigenvalue weighted by atomic mass is 10.1. The van der Waals surface area contributed by atoms with E-state index in [1.54, 1.807) is 12.1 Å². The number of carboxylic acids is 1. The Morgan fingerprint density at radius 1 is 1.04 bits per heavy atom. The molecule has 0 bridgehead atoms. The first kappa shape index (κ1) is 16.2. The van der Waals surface area contributed by atoms with Crippen molar-refractivity contribution in [3.8, 4) is 17.0 Å². The second-order valence-electron chi connectivity index (χ2n) is 5.06. The summed E-state index contributed by atoms with van der Waals surface area (Å²) in [6.45, 7) is 0. The van der Waals surface area contributed by atoms with Gasteiger partial charge in [0.25, 0.3) is 5.56 Å². The van der Waals surface area contributed by atoms with Gasteiger partial charge >= 0.3 is 5.97 Å². The van der Waals surface area contributed by atoms with Crippen molar-refractivity contribution in [1.29, 1.82) is 0 Å². The van der Waals surface area contributed by atoms with Crippen LogP contribution in [0.2, 0.25) is 0 Å². The fourth-order valence-corrected chi connectivity index (χ4v) is 2.27. The first-order chi connectivity index (χ1) is 12.1. The lowest BCUT2D eigenvalue weighted by Crippen LogP contribution is -1.96. The van der Waals surface area contributed by atoms with Crippen LogP contribution in [0.1, 0.15) is 10.4 Å². The van der Waals surface area contributed by atoms with Gasteiger partial charge in [0.2, 0.25) is 0 Å². The molecule has 0 saturated heterocycles. The Hall–Kier alpha value is -3.68. The molecule has 0 spiro atoms. The number of hydrogen-bond acceptors (Lipinski definition) is 5. The number of methoxy groups -OCH3 is 1. The molecule has 0 saturated carbocycles. The van der Waals surface area contributed by atoms with Gasteiger partial charge in [0, 0.05) is 5.56 Å². The van der Waals surface area contributed by atoms with Crippen molar-refractivity contribution in [2.45, 2.75) is 0 Å². The molecule has 1 heterocycles. The molecule has 0 fully saturated rings. The highest BCUT2D eigenvalue weighted by molar-refractivity contribution is 5.87. The van der Waals surface area contributed by atoms with Crippen LogP contribution in [0.5, 0.6) is 5.75 Å². The number of aromatic amines is 2. The summed E-state index contributed by atoms with van der Waals surface area (Å²) in [5, 5.41) is 22.2. The van der Waals surface area contributed by atoms with Gasteiger partial charge < -0.3 is 9.84 Å². The molecule has 0 unspecified atom stereocenters. The predicted molar refractivity (Wildman–Crippen MR) is 91.0 cm³/mol. The smallest absolute Gasteiger partial charge is 0.335 e. The van der Waals surface area contributed by atoms with Crippen LogP contribution in [0, 0.1) is 0 Å². The summed E-state index contributed by atoms with van der Waals surface area (Å²) < 4.78 is 5.30. The monoisotopic (exact) mass is 338 g/mol. The van der Waals surface area contributed by atoms with Gasteiger partial charge in [0.1, 0.15) is 5.75 Å². The molecular formula is C17H14N4O4. The number of H-pyrrole nitrogens is 2. The lowest BCUT2D eigenvalue weighted by Gasteiger charge is -2.06. The molecule has 0 aliphatic carbocycles. The highest BCUT2D eigenvalue weighted by atomic mass is 16.5. The number of carbonyl (C=O) groups is 1. The zero-order chi connectivity index (χ0) is 17.8. The summed E-state index contributed by atoms with van der Waals surface area (Å²) in [5.41, 5.74) is 1.37. The molecule has 0 atom stereocenters. The maximum atomic E-state index is 12.0. The van der Waals surface area contributed by atoms with Crippen molar-refractivity contribution in [2.24, 2.45) is 10.2 Å². The van der Waals surface area contributed by atoms with Crippen LogP contribution >= 0.6 is 0 Å². The molecule has 0 radical (unpaired) electrons. The van der Waals surface area contributed by atoms with Crippen molar-refractivity contribution < 1.29 is 14.6 Å². The largest absolute Gasteiger partial charge is 0.496 e. The number of nitrogens with one attached hydrogen (secondary N) is 2. The van der Waals surface area contributed by atoms with Crippen LogP contribution < -0.4 is 10.3 Å². The molecule has 126 valence electrons. The zero-order valence-corrected chi connectivity index (χ0v) is 13.2. The molecule has 1 aromatic heterocycles. The fourth-order valence-electron chi connectivity index (χ4n) is 2.27. The maximum absolute atomic E-state index is 12.0. The third-order valence-electron chi connectivity index (χ3n) is 3.51. The van der Waals surface area contributed by atoms with Crippen LogP contribution in [0.3, 0.4) is 0 Å². The second-order valence-corrected chi connectivity index (χ2v) is 5.06. The van der Waals surface area contributed by atoms with E-state index in [1.807, 2.05) is 12.1 Å². The summed E-state index contributed by atoms with van der Waals surface area (Å²) >= 11 is 0. The van der Waals surface area contributed by atoms with Gasteiger partial charge in [-0.3, -0.25) is 15.0 Å². The number of ether oxygens (including phenoxy) is 1. The fraction of sp³-hybridized carbons (Fsp3) is 0.0588. The highest BCUT2D eigenvalue weighted by Gasteiger charge is 2.15. The van der Waals surface area contributed by atoms with E-state index in [0.29, 0.717) is 22.7 Å². The van der Waals surface area contributed by atoms with Crippen LogP contribution in [-0.4, -0.2) is 28.4 Å². The Morgan fingerprint density at radius 2 is 1.76 bits per heavy atom. The Labute approximate surface area is 141 Å². The Balaban J connectivity index is 1.97. The summed E-state index contributed by atoms with van der Waals surface area (Å²) in [6.07, 6.45) is 0. The van der Waals surface area contributed by atoms with Gasteiger partial charge in [0.15, 0.2) is 5.69 Å². The SMILES string of the molecule is COc1ccccc1-c1[nH][nH]c(=O)c1N=Nc1ccc(C(=O)O)cc1. The van der Waals surface area contributed by atoms with Gasteiger partial charge in [-0.05, 0) is 36.4 Å². The molecule has 0 aliphatic rings. The number of hydrogen-bond donors (Lipinski definition) is 3. The van der Waals surface area contributed by atoms with Gasteiger partial charge in [-0.1, -0.05) is 12.1 Å². The number of aromatic nitrogens is 2. The van der Waals surface area contributed by atoms with E-state index in [1.165, 1.54) is 31.4 Å². The number of rotatable bonds is 5. The molecular weight excluding hydrogens is 324 g/mol. The van der Waals surface area contributed by atoms with Crippen LogP contribution in [0.25, 0.3) is 11.3 Å². The van der Waals surface area contributed by atoms with E-state index in [9.17, 15) is 9.59 Å². The molecule has 0 aliphatic heterocycles.